The Hall–Kier alpha value is -2.97. The molecule has 30 heavy (non-hydrogen) atoms. The van der Waals surface area contributed by atoms with Gasteiger partial charge in [-0.15, -0.1) is 0 Å². The molecule has 160 valence electrons. The Morgan fingerprint density at radius 1 is 1.17 bits per heavy atom. The van der Waals surface area contributed by atoms with Gasteiger partial charge in [-0.3, -0.25) is 19.8 Å². The van der Waals surface area contributed by atoms with Gasteiger partial charge in [-0.1, -0.05) is 30.3 Å². The summed E-state index contributed by atoms with van der Waals surface area (Å²) in [5.74, 6) is 0.299. The molecule has 3 rings (SSSR count). The summed E-state index contributed by atoms with van der Waals surface area (Å²) in [6.07, 6.45) is 0. The highest BCUT2D eigenvalue weighted by Gasteiger charge is 2.24. The number of carbonyl (C=O) groups excluding carboxylic acids is 1. The minimum Gasteiger partial charge on any atom is -0.484 e. The highest BCUT2D eigenvalue weighted by molar-refractivity contribution is 5.78. The molecule has 8 nitrogen and oxygen atoms in total. The van der Waals surface area contributed by atoms with Crippen molar-refractivity contribution in [1.82, 2.24) is 9.80 Å². The molecule has 2 aromatic carbocycles. The number of amides is 1. The molecular formula is C22H27N3O5. The summed E-state index contributed by atoms with van der Waals surface area (Å²) >= 11 is 0. The fourth-order valence-corrected chi connectivity index (χ4v) is 3.42. The van der Waals surface area contributed by atoms with E-state index in [4.69, 9.17) is 9.47 Å². The molecular weight excluding hydrogens is 386 g/mol. The van der Waals surface area contributed by atoms with E-state index in [9.17, 15) is 14.9 Å². The molecule has 1 aliphatic heterocycles. The normalized spacial score (nSPS) is 15.4. The molecule has 1 aliphatic rings. The fourth-order valence-electron chi connectivity index (χ4n) is 3.42. The third kappa shape index (κ3) is 6.27. The summed E-state index contributed by atoms with van der Waals surface area (Å²) in [4.78, 5) is 27.5. The van der Waals surface area contributed by atoms with Gasteiger partial charge < -0.3 is 14.4 Å². The number of nitro benzene ring substituents is 1. The second-order valence-corrected chi connectivity index (χ2v) is 7.31. The average Bonchev–Trinajstić information content (AvgIpc) is 2.77. The molecule has 8 heteroatoms. The molecule has 1 heterocycles. The number of carbonyl (C=O) groups is 1. The van der Waals surface area contributed by atoms with Crippen molar-refractivity contribution in [2.45, 2.75) is 19.5 Å². The zero-order valence-electron chi connectivity index (χ0n) is 17.1. The molecule has 1 fully saturated rings. The van der Waals surface area contributed by atoms with E-state index < -0.39 is 4.92 Å². The first kappa shape index (κ1) is 21.7. The van der Waals surface area contributed by atoms with E-state index >= 15 is 0 Å². The smallest absolute Gasteiger partial charge is 0.269 e. The number of hydrogen-bond donors (Lipinski definition) is 0. The second kappa shape index (κ2) is 10.7. The third-order valence-electron chi connectivity index (χ3n) is 5.08. The molecule has 1 amide bonds. The predicted octanol–water partition coefficient (Wildman–Crippen LogP) is 2.72. The molecule has 0 spiro atoms. The zero-order valence-corrected chi connectivity index (χ0v) is 17.1. The van der Waals surface area contributed by atoms with Crippen LogP contribution < -0.4 is 4.74 Å². The van der Waals surface area contributed by atoms with Crippen LogP contribution in [0, 0.1) is 10.1 Å². The lowest BCUT2D eigenvalue weighted by Gasteiger charge is -2.35. The quantitative estimate of drug-likeness (QED) is 0.464. The van der Waals surface area contributed by atoms with Crippen LogP contribution in [0.2, 0.25) is 0 Å². The van der Waals surface area contributed by atoms with Gasteiger partial charge in [-0.2, -0.15) is 0 Å². The van der Waals surface area contributed by atoms with E-state index in [1.165, 1.54) is 24.3 Å². The van der Waals surface area contributed by atoms with Crippen molar-refractivity contribution in [3.63, 3.8) is 0 Å². The molecule has 2 aromatic rings. The van der Waals surface area contributed by atoms with Crippen LogP contribution in [-0.2, 0) is 16.1 Å². The van der Waals surface area contributed by atoms with Crippen LogP contribution in [0.25, 0.3) is 0 Å². The van der Waals surface area contributed by atoms with Crippen LogP contribution in [0.4, 0.5) is 5.69 Å². The van der Waals surface area contributed by atoms with Crippen LogP contribution in [0.3, 0.4) is 0 Å². The van der Waals surface area contributed by atoms with Crippen LogP contribution in [0.5, 0.6) is 5.75 Å². The second-order valence-electron chi connectivity index (χ2n) is 7.31. The minimum atomic E-state index is -0.468. The van der Waals surface area contributed by atoms with Crippen molar-refractivity contribution in [2.24, 2.45) is 0 Å². The Labute approximate surface area is 176 Å². The minimum absolute atomic E-state index is 0.00346. The summed E-state index contributed by atoms with van der Waals surface area (Å²) < 4.78 is 11.0. The lowest BCUT2D eigenvalue weighted by molar-refractivity contribution is -0.384. The summed E-state index contributed by atoms with van der Waals surface area (Å²) in [6.45, 7) is 6.31. The lowest BCUT2D eigenvalue weighted by atomic mass is 10.1. The number of non-ortho nitro benzene ring substituents is 1. The first-order chi connectivity index (χ1) is 14.5. The average molecular weight is 413 g/mol. The van der Waals surface area contributed by atoms with Crippen molar-refractivity contribution in [3.8, 4) is 5.75 Å². The van der Waals surface area contributed by atoms with Gasteiger partial charge in [-0.25, -0.2) is 0 Å². The lowest BCUT2D eigenvalue weighted by Crippen LogP contribution is -2.49. The molecule has 1 saturated heterocycles. The summed E-state index contributed by atoms with van der Waals surface area (Å²) in [6, 6.07) is 15.6. The van der Waals surface area contributed by atoms with E-state index in [1.807, 2.05) is 42.2 Å². The van der Waals surface area contributed by atoms with Crippen LogP contribution in [0.15, 0.2) is 54.6 Å². The molecule has 0 aromatic heterocycles. The maximum Gasteiger partial charge on any atom is 0.269 e. The van der Waals surface area contributed by atoms with Crippen molar-refractivity contribution in [2.75, 3.05) is 39.5 Å². The Morgan fingerprint density at radius 3 is 2.47 bits per heavy atom. The van der Waals surface area contributed by atoms with Crippen molar-refractivity contribution in [1.29, 1.82) is 0 Å². The molecule has 0 radical (unpaired) electrons. The molecule has 0 saturated carbocycles. The maximum absolute atomic E-state index is 13.0. The van der Waals surface area contributed by atoms with Crippen LogP contribution in [0.1, 0.15) is 12.5 Å². The predicted molar refractivity (Wildman–Crippen MR) is 112 cm³/mol. The van der Waals surface area contributed by atoms with Crippen molar-refractivity contribution in [3.05, 3.63) is 70.3 Å². The molecule has 0 aliphatic carbocycles. The van der Waals surface area contributed by atoms with Crippen molar-refractivity contribution >= 4 is 11.6 Å². The number of benzene rings is 2. The van der Waals surface area contributed by atoms with Gasteiger partial charge in [0.1, 0.15) is 5.75 Å². The van der Waals surface area contributed by atoms with E-state index in [0.29, 0.717) is 25.5 Å². The number of nitro groups is 1. The Balaban J connectivity index is 1.64. The monoisotopic (exact) mass is 413 g/mol. The Morgan fingerprint density at radius 2 is 1.83 bits per heavy atom. The zero-order chi connectivity index (χ0) is 21.3. The number of ether oxygens (including phenoxy) is 2. The number of rotatable bonds is 9. The largest absolute Gasteiger partial charge is 0.484 e. The van der Waals surface area contributed by atoms with Gasteiger partial charge in [0.25, 0.3) is 11.6 Å². The SMILES string of the molecule is CC(CN1CCOCC1)N(Cc1ccccc1)C(=O)COc1ccc([N+](=O)[O-])cc1. The Bertz CT molecular complexity index is 822. The van der Waals surface area contributed by atoms with E-state index in [1.54, 1.807) is 0 Å². The highest BCUT2D eigenvalue weighted by atomic mass is 16.6. The number of hydrogen-bond acceptors (Lipinski definition) is 6. The molecule has 0 N–H and O–H groups in total. The maximum atomic E-state index is 13.0. The third-order valence-corrected chi connectivity index (χ3v) is 5.08. The number of morpholine rings is 1. The van der Waals surface area contributed by atoms with E-state index in [0.717, 1.165) is 25.2 Å². The molecule has 1 unspecified atom stereocenters. The standard InChI is InChI=1S/C22H27N3O5/c1-18(15-23-11-13-29-14-12-23)24(16-19-5-3-2-4-6-19)22(26)17-30-21-9-7-20(8-10-21)25(27)28/h2-10,18H,11-17H2,1H3. The summed E-state index contributed by atoms with van der Waals surface area (Å²) in [5, 5.41) is 10.8. The summed E-state index contributed by atoms with van der Waals surface area (Å²) in [7, 11) is 0. The molecule has 0 bridgehead atoms. The van der Waals surface area contributed by atoms with Crippen LogP contribution >= 0.6 is 0 Å². The molecule has 1 atom stereocenters. The van der Waals surface area contributed by atoms with Crippen LogP contribution in [-0.4, -0.2) is 66.1 Å². The highest BCUT2D eigenvalue weighted by Crippen LogP contribution is 2.18. The van der Waals surface area contributed by atoms with Gasteiger partial charge in [0.05, 0.1) is 18.1 Å². The first-order valence-electron chi connectivity index (χ1n) is 10.0. The van der Waals surface area contributed by atoms with E-state index in [-0.39, 0.29) is 24.2 Å². The topological polar surface area (TPSA) is 85.2 Å². The van der Waals surface area contributed by atoms with Gasteiger partial charge in [0, 0.05) is 44.4 Å². The van der Waals surface area contributed by atoms with Gasteiger partial charge >= 0.3 is 0 Å². The van der Waals surface area contributed by atoms with Crippen molar-refractivity contribution < 1.29 is 19.2 Å². The number of nitrogens with zero attached hydrogens (tertiary/aromatic N) is 3. The Kier molecular flexibility index (Phi) is 7.75. The fraction of sp³-hybridized carbons (Fsp3) is 0.409. The van der Waals surface area contributed by atoms with Gasteiger partial charge in [0.2, 0.25) is 0 Å². The van der Waals surface area contributed by atoms with Gasteiger partial charge in [-0.05, 0) is 24.6 Å². The first-order valence-corrected chi connectivity index (χ1v) is 10.0. The van der Waals surface area contributed by atoms with Gasteiger partial charge in [0.15, 0.2) is 6.61 Å². The van der Waals surface area contributed by atoms with E-state index in [2.05, 4.69) is 4.90 Å². The summed E-state index contributed by atoms with van der Waals surface area (Å²) in [5.41, 5.74) is 1.04.